The first-order chi connectivity index (χ1) is 7.09. The van der Waals surface area contributed by atoms with Crippen LogP contribution >= 0.6 is 0 Å². The zero-order valence-electron chi connectivity index (χ0n) is 10.00. The topological polar surface area (TPSA) is 52.5 Å². The van der Waals surface area contributed by atoms with Crippen molar-refractivity contribution in [3.8, 4) is 0 Å². The Hall–Kier alpha value is -0.120. The molecule has 3 heteroatoms. The zero-order chi connectivity index (χ0) is 11.3. The number of rotatable bonds is 5. The molecule has 1 rings (SSSR count). The first-order valence-corrected chi connectivity index (χ1v) is 6.15. The van der Waals surface area contributed by atoms with Gasteiger partial charge >= 0.3 is 0 Å². The normalized spacial score (nSPS) is 31.2. The van der Waals surface area contributed by atoms with Crippen LogP contribution in [0.4, 0.5) is 0 Å². The minimum Gasteiger partial charge on any atom is -0.393 e. The molecule has 15 heavy (non-hydrogen) atoms. The van der Waals surface area contributed by atoms with Crippen molar-refractivity contribution in [1.82, 2.24) is 5.32 Å². The van der Waals surface area contributed by atoms with Crippen LogP contribution in [0.3, 0.4) is 0 Å². The van der Waals surface area contributed by atoms with E-state index in [2.05, 4.69) is 12.2 Å². The zero-order valence-corrected chi connectivity index (χ0v) is 10.00. The molecule has 3 unspecified atom stereocenters. The lowest BCUT2D eigenvalue weighted by Crippen LogP contribution is -2.48. The van der Waals surface area contributed by atoms with E-state index in [0.717, 1.165) is 5.92 Å². The summed E-state index contributed by atoms with van der Waals surface area (Å²) in [7, 11) is 0. The van der Waals surface area contributed by atoms with Crippen LogP contribution in [0.25, 0.3) is 0 Å². The van der Waals surface area contributed by atoms with E-state index in [1.807, 2.05) is 0 Å². The van der Waals surface area contributed by atoms with Crippen LogP contribution in [0.2, 0.25) is 0 Å². The maximum Gasteiger partial charge on any atom is 0.0972 e. The maximum atomic E-state index is 9.70. The lowest BCUT2D eigenvalue weighted by atomic mass is 9.82. The molecule has 0 amide bonds. The third kappa shape index (κ3) is 4.09. The summed E-state index contributed by atoms with van der Waals surface area (Å²) in [5.41, 5.74) is -0.976. The molecule has 0 spiro atoms. The summed E-state index contributed by atoms with van der Waals surface area (Å²) >= 11 is 0. The number of hydrogen-bond donors (Lipinski definition) is 3. The highest BCUT2D eigenvalue weighted by Crippen LogP contribution is 2.26. The van der Waals surface area contributed by atoms with Gasteiger partial charge in [-0.15, -0.1) is 0 Å². The highest BCUT2D eigenvalue weighted by molar-refractivity contribution is 4.83. The van der Waals surface area contributed by atoms with Crippen LogP contribution in [0.15, 0.2) is 0 Å². The van der Waals surface area contributed by atoms with Gasteiger partial charge in [-0.25, -0.2) is 0 Å². The van der Waals surface area contributed by atoms with Gasteiger partial charge in [0.05, 0.1) is 12.2 Å². The van der Waals surface area contributed by atoms with E-state index in [0.29, 0.717) is 12.6 Å². The van der Waals surface area contributed by atoms with Crippen LogP contribution in [0.5, 0.6) is 0 Å². The van der Waals surface area contributed by atoms with Crippen molar-refractivity contribution in [2.45, 2.75) is 57.6 Å². The minimum absolute atomic E-state index is 0.177. The molecular weight excluding hydrogens is 190 g/mol. The number of aliphatic hydroxyl groups excluding tert-OH is 1. The van der Waals surface area contributed by atoms with Crippen molar-refractivity contribution in [2.24, 2.45) is 5.92 Å². The maximum absolute atomic E-state index is 9.70. The Morgan fingerprint density at radius 3 is 2.60 bits per heavy atom. The van der Waals surface area contributed by atoms with E-state index in [4.69, 9.17) is 5.11 Å². The second-order valence-electron chi connectivity index (χ2n) is 5.10. The van der Waals surface area contributed by atoms with Crippen LogP contribution < -0.4 is 5.32 Å². The SMILES string of the molecule is CCC1CCCCC1NCC(C)(O)CO. The summed E-state index contributed by atoms with van der Waals surface area (Å²) in [6.07, 6.45) is 6.34. The van der Waals surface area contributed by atoms with Crippen molar-refractivity contribution in [1.29, 1.82) is 0 Å². The van der Waals surface area contributed by atoms with Gasteiger partial charge in [0, 0.05) is 12.6 Å². The molecule has 0 heterocycles. The predicted octanol–water partition coefficient (Wildman–Crippen LogP) is 1.29. The highest BCUT2D eigenvalue weighted by Gasteiger charge is 2.26. The van der Waals surface area contributed by atoms with Gasteiger partial charge in [-0.2, -0.15) is 0 Å². The first kappa shape index (κ1) is 12.9. The fraction of sp³-hybridized carbons (Fsp3) is 1.00. The summed E-state index contributed by atoms with van der Waals surface area (Å²) in [5.74, 6) is 0.744. The van der Waals surface area contributed by atoms with Gasteiger partial charge in [-0.05, 0) is 25.7 Å². The Kier molecular flexibility index (Phi) is 5.03. The lowest BCUT2D eigenvalue weighted by Gasteiger charge is -2.34. The van der Waals surface area contributed by atoms with Gasteiger partial charge in [-0.1, -0.05) is 26.2 Å². The average Bonchev–Trinajstić information content (AvgIpc) is 2.27. The van der Waals surface area contributed by atoms with Crippen LogP contribution in [0, 0.1) is 5.92 Å². The number of hydrogen-bond acceptors (Lipinski definition) is 3. The first-order valence-electron chi connectivity index (χ1n) is 6.15. The molecule has 0 aromatic heterocycles. The van der Waals surface area contributed by atoms with Crippen LogP contribution in [-0.2, 0) is 0 Å². The van der Waals surface area contributed by atoms with E-state index >= 15 is 0 Å². The van der Waals surface area contributed by atoms with E-state index < -0.39 is 5.60 Å². The van der Waals surface area contributed by atoms with Crippen molar-refractivity contribution in [3.05, 3.63) is 0 Å². The Labute approximate surface area is 92.9 Å². The van der Waals surface area contributed by atoms with E-state index in [-0.39, 0.29) is 6.61 Å². The Morgan fingerprint density at radius 2 is 2.00 bits per heavy atom. The van der Waals surface area contributed by atoms with Crippen LogP contribution in [0.1, 0.15) is 46.0 Å². The minimum atomic E-state index is -0.976. The summed E-state index contributed by atoms with van der Waals surface area (Å²) < 4.78 is 0. The van der Waals surface area contributed by atoms with E-state index in [1.165, 1.54) is 32.1 Å². The van der Waals surface area contributed by atoms with Gasteiger partial charge in [0.2, 0.25) is 0 Å². The molecule has 1 saturated carbocycles. The van der Waals surface area contributed by atoms with Crippen molar-refractivity contribution in [2.75, 3.05) is 13.2 Å². The quantitative estimate of drug-likeness (QED) is 0.648. The molecule has 0 bridgehead atoms. The van der Waals surface area contributed by atoms with E-state index in [1.54, 1.807) is 6.92 Å². The largest absolute Gasteiger partial charge is 0.393 e. The fourth-order valence-corrected chi connectivity index (χ4v) is 2.37. The van der Waals surface area contributed by atoms with Crippen molar-refractivity contribution >= 4 is 0 Å². The second-order valence-corrected chi connectivity index (χ2v) is 5.10. The predicted molar refractivity (Wildman–Crippen MR) is 61.7 cm³/mol. The molecule has 3 nitrogen and oxygen atoms in total. The molecular formula is C12H25NO2. The molecule has 0 radical (unpaired) electrons. The molecule has 1 aliphatic carbocycles. The summed E-state index contributed by atoms with van der Waals surface area (Å²) in [4.78, 5) is 0. The average molecular weight is 215 g/mol. The second kappa shape index (κ2) is 5.83. The Balaban J connectivity index is 2.35. The van der Waals surface area contributed by atoms with Gasteiger partial charge in [0.25, 0.3) is 0 Å². The van der Waals surface area contributed by atoms with Gasteiger partial charge < -0.3 is 15.5 Å². The van der Waals surface area contributed by atoms with Gasteiger partial charge in [0.1, 0.15) is 0 Å². The third-order valence-corrected chi connectivity index (χ3v) is 3.52. The molecule has 3 N–H and O–H groups in total. The molecule has 3 atom stereocenters. The molecule has 1 fully saturated rings. The Bertz CT molecular complexity index is 182. The van der Waals surface area contributed by atoms with Crippen molar-refractivity contribution < 1.29 is 10.2 Å². The number of nitrogens with one attached hydrogen (secondary N) is 1. The van der Waals surface area contributed by atoms with Crippen LogP contribution in [-0.4, -0.2) is 35.0 Å². The Morgan fingerprint density at radius 1 is 1.33 bits per heavy atom. The van der Waals surface area contributed by atoms with Gasteiger partial charge in [-0.3, -0.25) is 0 Å². The summed E-state index contributed by atoms with van der Waals surface area (Å²) in [5, 5.41) is 22.1. The van der Waals surface area contributed by atoms with E-state index in [9.17, 15) is 5.11 Å². The summed E-state index contributed by atoms with van der Waals surface area (Å²) in [6.45, 7) is 4.22. The van der Waals surface area contributed by atoms with Gasteiger partial charge in [0.15, 0.2) is 0 Å². The summed E-state index contributed by atoms with van der Waals surface area (Å²) in [6, 6.07) is 0.529. The number of aliphatic hydroxyl groups is 2. The molecule has 0 saturated heterocycles. The lowest BCUT2D eigenvalue weighted by molar-refractivity contribution is -0.00195. The molecule has 0 aromatic rings. The molecule has 90 valence electrons. The standard InChI is InChI=1S/C12H25NO2/c1-3-10-6-4-5-7-11(10)13-8-12(2,15)9-14/h10-11,13-15H,3-9H2,1-2H3. The third-order valence-electron chi connectivity index (χ3n) is 3.52. The molecule has 0 aromatic carbocycles. The molecule has 1 aliphatic rings. The fourth-order valence-electron chi connectivity index (χ4n) is 2.37. The highest BCUT2D eigenvalue weighted by atomic mass is 16.3. The van der Waals surface area contributed by atoms with Crippen molar-refractivity contribution in [3.63, 3.8) is 0 Å². The smallest absolute Gasteiger partial charge is 0.0972 e. The monoisotopic (exact) mass is 215 g/mol. The molecule has 0 aliphatic heterocycles.